The van der Waals surface area contributed by atoms with Crippen molar-refractivity contribution >= 4 is 45.9 Å². The summed E-state index contributed by atoms with van der Waals surface area (Å²) in [5.74, 6) is -0.561. The zero-order valence-corrected chi connectivity index (χ0v) is 18.5. The number of nitrogens with zero attached hydrogens (tertiary/aromatic N) is 2. The number of nitrogen functional groups attached to an aromatic ring is 1. The van der Waals surface area contributed by atoms with Crippen LogP contribution in [0, 0.1) is 22.7 Å². The highest BCUT2D eigenvalue weighted by Crippen LogP contribution is 2.34. The number of nitriles is 2. The zero-order valence-electron chi connectivity index (χ0n) is 16.9. The van der Waals surface area contributed by atoms with E-state index in [0.717, 1.165) is 11.8 Å². The Morgan fingerprint density at radius 3 is 2.48 bits per heavy atom. The number of anilines is 1. The van der Waals surface area contributed by atoms with E-state index in [1.165, 1.54) is 6.07 Å². The van der Waals surface area contributed by atoms with Crippen molar-refractivity contribution in [3.63, 3.8) is 0 Å². The van der Waals surface area contributed by atoms with E-state index >= 15 is 0 Å². The molecule has 33 heavy (non-hydrogen) atoms. The number of thioether (sulfide) groups is 1. The van der Waals surface area contributed by atoms with Gasteiger partial charge in [-0.2, -0.15) is 10.5 Å². The number of aromatic nitrogens is 1. The second-order valence-electron chi connectivity index (χ2n) is 6.92. The molecule has 0 bridgehead atoms. The number of nitrogens with two attached hydrogens (primary N) is 1. The van der Waals surface area contributed by atoms with E-state index in [1.54, 1.807) is 48.5 Å². The molecule has 2 aromatic carbocycles. The number of carbonyl (C=O) groups excluding carboxylic acids is 1. The lowest BCUT2D eigenvalue weighted by atomic mass is 9.97. The Morgan fingerprint density at radius 2 is 1.79 bits per heavy atom. The van der Waals surface area contributed by atoms with Crippen LogP contribution in [0.1, 0.15) is 21.5 Å². The summed E-state index contributed by atoms with van der Waals surface area (Å²) in [5, 5.41) is 20.9. The predicted molar refractivity (Wildman–Crippen MR) is 125 cm³/mol. The molecule has 0 aliphatic heterocycles. The monoisotopic (exact) mass is 473 g/mol. The minimum Gasteiger partial charge on any atom is -0.422 e. The molecule has 7 nitrogen and oxygen atoms in total. The van der Waals surface area contributed by atoms with Gasteiger partial charge < -0.3 is 4.42 Å². The summed E-state index contributed by atoms with van der Waals surface area (Å²) >= 11 is 6.98. The molecule has 0 fully saturated rings. The average molecular weight is 474 g/mol. The molecule has 2 heterocycles. The number of rotatable bonds is 5. The van der Waals surface area contributed by atoms with Crippen LogP contribution in [0.15, 0.2) is 68.8 Å². The number of Topliss-reactive ketones (excluding diaryl/α,β-unsaturated/α-hetero) is 1. The summed E-state index contributed by atoms with van der Waals surface area (Å²) in [7, 11) is 0. The Labute approximate surface area is 197 Å². The molecule has 2 aromatic heterocycles. The zero-order chi connectivity index (χ0) is 23.5. The highest BCUT2D eigenvalue weighted by atomic mass is 35.5. The number of pyridine rings is 1. The number of H-pyrrole nitrogens is 1. The van der Waals surface area contributed by atoms with Gasteiger partial charge in [-0.25, -0.2) is 9.78 Å². The van der Waals surface area contributed by atoms with Crippen molar-refractivity contribution in [2.75, 3.05) is 11.5 Å². The second kappa shape index (κ2) is 9.17. The van der Waals surface area contributed by atoms with Gasteiger partial charge in [-0.15, -0.1) is 0 Å². The van der Waals surface area contributed by atoms with E-state index in [2.05, 4.69) is 11.1 Å². The van der Waals surface area contributed by atoms with Gasteiger partial charge in [-0.3, -0.25) is 10.5 Å². The van der Waals surface area contributed by atoms with Crippen molar-refractivity contribution < 1.29 is 14.2 Å². The molecule has 9 heteroatoms. The normalized spacial score (nSPS) is 10.5. The second-order valence-corrected chi connectivity index (χ2v) is 8.34. The first-order chi connectivity index (χ1) is 15.9. The largest absolute Gasteiger partial charge is 0.422 e. The van der Waals surface area contributed by atoms with Crippen LogP contribution >= 0.6 is 23.4 Å². The fourth-order valence-corrected chi connectivity index (χ4v) is 4.36. The smallest absolute Gasteiger partial charge is 0.347 e. The standard InChI is InChI=1S/C24H13ClN4O3S/c25-15-7-5-13(6-8-15)21-17(10-26)22(28)29-23(18(21)11-27)33-12-19(30)16-9-14-3-1-2-4-20(14)32-24(16)31/h1-9H,12H2,(H2,28,29)/p+1. The van der Waals surface area contributed by atoms with Crippen LogP contribution in [0.3, 0.4) is 0 Å². The Balaban J connectivity index is 1.72. The maximum atomic E-state index is 12.8. The number of fused-ring (bicyclic) bond motifs is 1. The van der Waals surface area contributed by atoms with Crippen molar-refractivity contribution in [3.8, 4) is 23.3 Å². The van der Waals surface area contributed by atoms with Gasteiger partial charge in [-0.05, 0) is 29.8 Å². The molecule has 0 aliphatic rings. The van der Waals surface area contributed by atoms with Gasteiger partial charge in [0.2, 0.25) is 0 Å². The summed E-state index contributed by atoms with van der Waals surface area (Å²) in [6, 6.07) is 19.1. The summed E-state index contributed by atoms with van der Waals surface area (Å²) < 4.78 is 5.23. The highest BCUT2D eigenvalue weighted by Gasteiger charge is 2.25. The lowest BCUT2D eigenvalue weighted by molar-refractivity contribution is -0.410. The van der Waals surface area contributed by atoms with E-state index in [-0.39, 0.29) is 28.3 Å². The Morgan fingerprint density at radius 1 is 1.09 bits per heavy atom. The third-order valence-electron chi connectivity index (χ3n) is 4.89. The highest BCUT2D eigenvalue weighted by molar-refractivity contribution is 7.99. The predicted octanol–water partition coefficient (Wildman–Crippen LogP) is 4.23. The number of aromatic amines is 1. The summed E-state index contributed by atoms with van der Waals surface area (Å²) in [5.41, 5.74) is 6.81. The molecular formula is C24H14ClN4O3S+. The van der Waals surface area contributed by atoms with Crippen LogP contribution < -0.4 is 16.3 Å². The molecule has 0 saturated heterocycles. The Kier molecular flexibility index (Phi) is 6.14. The number of carbonyl (C=O) groups is 1. The summed E-state index contributed by atoms with van der Waals surface area (Å²) in [4.78, 5) is 27.9. The molecule has 3 N–H and O–H groups in total. The Hall–Kier alpha value is -4.11. The van der Waals surface area contributed by atoms with Gasteiger partial charge in [0.05, 0.1) is 5.75 Å². The third-order valence-corrected chi connectivity index (χ3v) is 6.14. The SMILES string of the molecule is N#Cc1c(N)[nH+]c(SCC(=O)c2cc3ccccc3oc2=O)c(C#N)c1-c1ccc(Cl)cc1. The van der Waals surface area contributed by atoms with Crippen molar-refractivity contribution in [1.29, 1.82) is 10.5 Å². The van der Waals surface area contributed by atoms with E-state index in [9.17, 15) is 20.1 Å². The number of nitrogens with one attached hydrogen (secondary N) is 1. The van der Waals surface area contributed by atoms with Crippen molar-refractivity contribution in [2.45, 2.75) is 5.03 Å². The summed E-state index contributed by atoms with van der Waals surface area (Å²) in [6.07, 6.45) is 0. The molecule has 0 radical (unpaired) electrons. The molecule has 0 unspecified atom stereocenters. The van der Waals surface area contributed by atoms with E-state index < -0.39 is 11.4 Å². The first-order valence-electron chi connectivity index (χ1n) is 9.56. The van der Waals surface area contributed by atoms with Gasteiger partial charge >= 0.3 is 5.63 Å². The molecule has 0 saturated carbocycles. The maximum absolute atomic E-state index is 12.8. The third kappa shape index (κ3) is 4.31. The van der Waals surface area contributed by atoms with E-state index in [4.69, 9.17) is 21.8 Å². The Bertz CT molecular complexity index is 1550. The first-order valence-corrected chi connectivity index (χ1v) is 10.9. The van der Waals surface area contributed by atoms with Crippen molar-refractivity contribution in [3.05, 3.63) is 86.7 Å². The minimum atomic E-state index is -0.731. The van der Waals surface area contributed by atoms with Gasteiger partial charge in [-0.1, -0.05) is 53.7 Å². The van der Waals surface area contributed by atoms with Gasteiger partial charge in [0, 0.05) is 16.0 Å². The molecule has 4 aromatic rings. The fraction of sp³-hybridized carbons (Fsp3) is 0.0417. The van der Waals surface area contributed by atoms with Crippen LogP contribution in [0.5, 0.6) is 0 Å². The van der Waals surface area contributed by atoms with Crippen LogP contribution in [0.2, 0.25) is 5.02 Å². The van der Waals surface area contributed by atoms with Crippen LogP contribution in [-0.4, -0.2) is 11.5 Å². The molecule has 0 amide bonds. The van der Waals surface area contributed by atoms with Crippen molar-refractivity contribution in [1.82, 2.24) is 0 Å². The topological polar surface area (TPSA) is 135 Å². The van der Waals surface area contributed by atoms with Crippen LogP contribution in [0.4, 0.5) is 5.82 Å². The lowest BCUT2D eigenvalue weighted by Crippen LogP contribution is -2.20. The number of hydrogen-bond acceptors (Lipinski definition) is 7. The van der Waals surface area contributed by atoms with Gasteiger partial charge in [0.15, 0.2) is 10.8 Å². The number of hydrogen-bond donors (Lipinski definition) is 1. The van der Waals surface area contributed by atoms with Gasteiger partial charge in [0.1, 0.15) is 34.4 Å². The summed E-state index contributed by atoms with van der Waals surface area (Å²) in [6.45, 7) is 0. The molecule has 0 spiro atoms. The number of benzene rings is 2. The van der Waals surface area contributed by atoms with Crippen LogP contribution in [-0.2, 0) is 0 Å². The maximum Gasteiger partial charge on any atom is 0.347 e. The number of ketones is 1. The molecular weight excluding hydrogens is 460 g/mol. The molecule has 4 rings (SSSR count). The minimum absolute atomic E-state index is 0.0571. The van der Waals surface area contributed by atoms with Crippen LogP contribution in [0.25, 0.3) is 22.1 Å². The number of halogens is 1. The quantitative estimate of drug-likeness (QED) is 0.260. The van der Waals surface area contributed by atoms with E-state index in [1.807, 2.05) is 6.07 Å². The van der Waals surface area contributed by atoms with Gasteiger partial charge in [0.25, 0.3) is 5.82 Å². The number of para-hydroxylation sites is 1. The van der Waals surface area contributed by atoms with Crippen molar-refractivity contribution in [2.24, 2.45) is 0 Å². The average Bonchev–Trinajstić information content (AvgIpc) is 2.82. The fourth-order valence-electron chi connectivity index (χ4n) is 3.33. The molecule has 160 valence electrons. The van der Waals surface area contributed by atoms with E-state index in [0.29, 0.717) is 32.1 Å². The molecule has 0 atom stereocenters. The lowest BCUT2D eigenvalue weighted by Gasteiger charge is -2.10. The first kappa shape index (κ1) is 22.1. The molecule has 0 aliphatic carbocycles.